The Kier molecular flexibility index (Phi) is 7.31. The van der Waals surface area contributed by atoms with Crippen molar-refractivity contribution in [3.8, 4) is 11.5 Å². The molecule has 0 heterocycles. The Balaban J connectivity index is 1.89. The topological polar surface area (TPSA) is 73.9 Å². The van der Waals surface area contributed by atoms with Crippen LogP contribution in [0.15, 0.2) is 36.4 Å². The summed E-state index contributed by atoms with van der Waals surface area (Å²) in [6, 6.07) is 8.00. The van der Waals surface area contributed by atoms with Crippen molar-refractivity contribution in [2.24, 2.45) is 0 Å². The van der Waals surface area contributed by atoms with E-state index in [-0.39, 0.29) is 12.1 Å². The predicted molar refractivity (Wildman–Crippen MR) is 98.4 cm³/mol. The van der Waals surface area contributed by atoms with E-state index in [1.54, 1.807) is 18.2 Å². The molecule has 0 fully saturated rings. The third-order valence-corrected chi connectivity index (χ3v) is 3.90. The summed E-state index contributed by atoms with van der Waals surface area (Å²) in [6.45, 7) is 1.36. The summed E-state index contributed by atoms with van der Waals surface area (Å²) in [7, 11) is 3.05. The molecule has 8 heteroatoms. The van der Waals surface area contributed by atoms with Crippen molar-refractivity contribution < 1.29 is 32.6 Å². The number of nitrogens with one attached hydrogen (secondary N) is 1. The third-order valence-electron chi connectivity index (χ3n) is 3.90. The molecule has 1 amide bonds. The Bertz CT molecular complexity index is 834. The molecule has 0 aliphatic rings. The molecule has 150 valence electrons. The second kappa shape index (κ2) is 9.68. The normalized spacial score (nSPS) is 11.5. The molecular weight excluding hydrogens is 372 g/mol. The van der Waals surface area contributed by atoms with Gasteiger partial charge in [-0.2, -0.15) is 0 Å². The van der Waals surface area contributed by atoms with Crippen molar-refractivity contribution in [3.05, 3.63) is 53.6 Å². The molecule has 28 heavy (non-hydrogen) atoms. The van der Waals surface area contributed by atoms with Crippen LogP contribution in [0.5, 0.6) is 11.5 Å². The molecular formula is C20H21F2NO5. The molecule has 0 unspecified atom stereocenters. The van der Waals surface area contributed by atoms with Crippen LogP contribution in [-0.2, 0) is 20.7 Å². The Morgan fingerprint density at radius 2 is 1.68 bits per heavy atom. The molecule has 0 bridgehead atoms. The van der Waals surface area contributed by atoms with Gasteiger partial charge >= 0.3 is 5.97 Å². The molecule has 0 aliphatic carbocycles. The van der Waals surface area contributed by atoms with Crippen LogP contribution in [0.3, 0.4) is 0 Å². The minimum atomic E-state index is -1.14. The Hall–Kier alpha value is -3.16. The lowest BCUT2D eigenvalue weighted by Gasteiger charge is -2.14. The maximum absolute atomic E-state index is 13.6. The van der Waals surface area contributed by atoms with Gasteiger partial charge in [0.05, 0.1) is 19.9 Å². The first kappa shape index (κ1) is 21.1. The van der Waals surface area contributed by atoms with Gasteiger partial charge in [0.15, 0.2) is 6.10 Å². The first-order valence-corrected chi connectivity index (χ1v) is 8.49. The summed E-state index contributed by atoms with van der Waals surface area (Å²) in [5.74, 6) is -1.80. The molecule has 1 N–H and O–H groups in total. The number of benzene rings is 2. The average Bonchev–Trinajstić information content (AvgIpc) is 2.68. The fraction of sp³-hybridized carbons (Fsp3) is 0.300. The minimum absolute atomic E-state index is 0.0266. The number of carbonyl (C=O) groups excluding carboxylic acids is 2. The fourth-order valence-corrected chi connectivity index (χ4v) is 2.39. The lowest BCUT2D eigenvalue weighted by molar-refractivity contribution is -0.153. The van der Waals surface area contributed by atoms with Crippen molar-refractivity contribution >= 4 is 17.6 Å². The standard InChI is InChI=1S/C20H21F2NO5/c1-12(20(25)23-18-6-5-14(21)10-17(18)22)28-19(24)7-4-13-8-15(26-2)11-16(9-13)27-3/h5-6,8-12H,4,7H2,1-3H3,(H,23,25)/t12-/m1/s1. The summed E-state index contributed by atoms with van der Waals surface area (Å²) >= 11 is 0. The zero-order chi connectivity index (χ0) is 20.7. The maximum atomic E-state index is 13.6. The number of esters is 1. The van der Waals surface area contributed by atoms with Crippen LogP contribution >= 0.6 is 0 Å². The van der Waals surface area contributed by atoms with Crippen molar-refractivity contribution in [3.63, 3.8) is 0 Å². The van der Waals surface area contributed by atoms with Gasteiger partial charge in [0.1, 0.15) is 23.1 Å². The monoisotopic (exact) mass is 393 g/mol. The highest BCUT2D eigenvalue weighted by Gasteiger charge is 2.19. The molecule has 6 nitrogen and oxygen atoms in total. The smallest absolute Gasteiger partial charge is 0.306 e. The van der Waals surface area contributed by atoms with Gasteiger partial charge in [0, 0.05) is 18.6 Å². The number of anilines is 1. The molecule has 0 aliphatic heterocycles. The van der Waals surface area contributed by atoms with E-state index in [9.17, 15) is 18.4 Å². The van der Waals surface area contributed by atoms with Crippen LogP contribution in [0.1, 0.15) is 18.9 Å². The molecule has 2 aromatic rings. The zero-order valence-corrected chi connectivity index (χ0v) is 15.8. The summed E-state index contributed by atoms with van der Waals surface area (Å²) in [5, 5.41) is 2.26. The minimum Gasteiger partial charge on any atom is -0.497 e. The van der Waals surface area contributed by atoms with Crippen LogP contribution in [0.4, 0.5) is 14.5 Å². The van der Waals surface area contributed by atoms with Gasteiger partial charge in [-0.25, -0.2) is 8.78 Å². The third kappa shape index (κ3) is 5.94. The largest absolute Gasteiger partial charge is 0.497 e. The lowest BCUT2D eigenvalue weighted by atomic mass is 10.1. The van der Waals surface area contributed by atoms with Crippen LogP contribution in [0.2, 0.25) is 0 Å². The van der Waals surface area contributed by atoms with E-state index >= 15 is 0 Å². The van der Waals surface area contributed by atoms with Crippen molar-refractivity contribution in [2.45, 2.75) is 25.9 Å². The van der Waals surface area contributed by atoms with E-state index in [1.165, 1.54) is 21.1 Å². The fourth-order valence-electron chi connectivity index (χ4n) is 2.39. The Labute approximate surface area is 161 Å². The Morgan fingerprint density at radius 3 is 2.25 bits per heavy atom. The zero-order valence-electron chi connectivity index (χ0n) is 15.8. The SMILES string of the molecule is COc1cc(CCC(=O)O[C@H](C)C(=O)Nc2ccc(F)cc2F)cc(OC)c1. The molecule has 2 rings (SSSR count). The maximum Gasteiger partial charge on any atom is 0.306 e. The number of hydrogen-bond acceptors (Lipinski definition) is 5. The number of carbonyl (C=O) groups is 2. The highest BCUT2D eigenvalue weighted by molar-refractivity contribution is 5.95. The van der Waals surface area contributed by atoms with Gasteiger partial charge < -0.3 is 19.5 Å². The second-order valence-corrected chi connectivity index (χ2v) is 5.97. The van der Waals surface area contributed by atoms with E-state index in [4.69, 9.17) is 14.2 Å². The van der Waals surface area contributed by atoms with Crippen molar-refractivity contribution in [2.75, 3.05) is 19.5 Å². The molecule has 0 spiro atoms. The predicted octanol–water partition coefficient (Wildman–Crippen LogP) is 3.49. The summed E-state index contributed by atoms with van der Waals surface area (Å²) < 4.78 is 41.9. The van der Waals surface area contributed by atoms with E-state index in [2.05, 4.69) is 5.32 Å². The first-order chi connectivity index (χ1) is 13.3. The molecule has 0 saturated carbocycles. The number of aryl methyl sites for hydroxylation is 1. The van der Waals surface area contributed by atoms with Gasteiger partial charge in [-0.1, -0.05) is 0 Å². The summed E-state index contributed by atoms with van der Waals surface area (Å²) in [6.07, 6.45) is -0.761. The molecule has 0 aromatic heterocycles. The first-order valence-electron chi connectivity index (χ1n) is 8.49. The van der Waals surface area contributed by atoms with Gasteiger partial charge in [-0.3, -0.25) is 9.59 Å². The van der Waals surface area contributed by atoms with Gasteiger partial charge in [-0.15, -0.1) is 0 Å². The van der Waals surface area contributed by atoms with Gasteiger partial charge in [0.25, 0.3) is 5.91 Å². The average molecular weight is 393 g/mol. The number of rotatable bonds is 8. The number of hydrogen-bond donors (Lipinski definition) is 1. The van der Waals surface area contributed by atoms with Crippen LogP contribution in [0, 0.1) is 11.6 Å². The van der Waals surface area contributed by atoms with E-state index in [0.717, 1.165) is 17.7 Å². The summed E-state index contributed by atoms with van der Waals surface area (Å²) in [4.78, 5) is 24.1. The lowest BCUT2D eigenvalue weighted by Crippen LogP contribution is -2.30. The quantitative estimate of drug-likeness (QED) is 0.695. The van der Waals surface area contributed by atoms with E-state index < -0.39 is 29.6 Å². The highest BCUT2D eigenvalue weighted by Crippen LogP contribution is 2.23. The number of methoxy groups -OCH3 is 2. The van der Waals surface area contributed by atoms with E-state index in [0.29, 0.717) is 24.0 Å². The second-order valence-electron chi connectivity index (χ2n) is 5.97. The van der Waals surface area contributed by atoms with Crippen LogP contribution in [0.25, 0.3) is 0 Å². The number of ether oxygens (including phenoxy) is 3. The van der Waals surface area contributed by atoms with Crippen LogP contribution < -0.4 is 14.8 Å². The van der Waals surface area contributed by atoms with Gasteiger partial charge in [0.2, 0.25) is 0 Å². The summed E-state index contributed by atoms with van der Waals surface area (Å²) in [5.41, 5.74) is 0.608. The number of amides is 1. The molecule has 1 atom stereocenters. The van der Waals surface area contributed by atoms with Crippen LogP contribution in [-0.4, -0.2) is 32.2 Å². The Morgan fingerprint density at radius 1 is 1.04 bits per heavy atom. The highest BCUT2D eigenvalue weighted by atomic mass is 19.1. The molecule has 2 aromatic carbocycles. The molecule has 0 saturated heterocycles. The molecule has 0 radical (unpaired) electrons. The van der Waals surface area contributed by atoms with Crippen molar-refractivity contribution in [1.29, 1.82) is 0 Å². The number of halogens is 2. The van der Waals surface area contributed by atoms with E-state index in [1.807, 2.05) is 0 Å². The van der Waals surface area contributed by atoms with Crippen molar-refractivity contribution in [1.82, 2.24) is 0 Å². The van der Waals surface area contributed by atoms with Gasteiger partial charge in [-0.05, 0) is 43.2 Å².